The Morgan fingerprint density at radius 3 is 2.47 bits per heavy atom. The average molecular weight is 289 g/mol. The topological polar surface area (TPSA) is 66.6 Å². The number of rotatable bonds is 6. The van der Waals surface area contributed by atoms with E-state index < -0.39 is 10.2 Å². The van der Waals surface area contributed by atoms with E-state index in [1.807, 2.05) is 6.92 Å². The van der Waals surface area contributed by atoms with Crippen molar-refractivity contribution < 1.29 is 8.42 Å². The molecule has 112 valence electrons. The second kappa shape index (κ2) is 6.52. The predicted octanol–water partition coefficient (Wildman–Crippen LogP) is 1.31. The van der Waals surface area contributed by atoms with E-state index in [-0.39, 0.29) is 12.1 Å². The molecular weight excluding hydrogens is 262 g/mol. The van der Waals surface area contributed by atoms with Gasteiger partial charge in [0, 0.05) is 25.2 Å². The Labute approximate surface area is 117 Å². The molecule has 6 heteroatoms. The molecule has 0 aromatic heterocycles. The number of nitrogens with zero attached hydrogens (tertiary/aromatic N) is 2. The van der Waals surface area contributed by atoms with Gasteiger partial charge in [-0.05, 0) is 45.6 Å². The van der Waals surface area contributed by atoms with Crippen molar-refractivity contribution in [3.8, 4) is 0 Å². The molecule has 1 saturated carbocycles. The van der Waals surface area contributed by atoms with E-state index in [2.05, 4.69) is 0 Å². The van der Waals surface area contributed by atoms with Crippen molar-refractivity contribution in [2.75, 3.05) is 19.6 Å². The van der Waals surface area contributed by atoms with Gasteiger partial charge in [0.1, 0.15) is 0 Å². The lowest BCUT2D eigenvalue weighted by Gasteiger charge is -2.42. The fraction of sp³-hybridized carbons (Fsp3) is 1.00. The predicted molar refractivity (Wildman–Crippen MR) is 77.0 cm³/mol. The summed E-state index contributed by atoms with van der Waals surface area (Å²) in [5, 5.41) is 0. The first-order valence-corrected chi connectivity index (χ1v) is 8.95. The van der Waals surface area contributed by atoms with Crippen LogP contribution in [0, 0.1) is 0 Å². The van der Waals surface area contributed by atoms with E-state index >= 15 is 0 Å². The molecule has 2 aliphatic rings. The highest BCUT2D eigenvalue weighted by Crippen LogP contribution is 2.30. The summed E-state index contributed by atoms with van der Waals surface area (Å²) in [6.07, 6.45) is 7.01. The molecule has 0 aromatic carbocycles. The molecule has 2 fully saturated rings. The third kappa shape index (κ3) is 3.29. The molecular formula is C13H27N3O2S. The lowest BCUT2D eigenvalue weighted by atomic mass is 9.93. The Hall–Kier alpha value is -0.170. The standard InChI is InChI=1S/C13H27N3O2S/c1-12-6-2-3-10-15(12)19(17,18)16(11-5-9-14)13-7-4-8-13/h12-13H,2-11,14H2,1H3. The lowest BCUT2D eigenvalue weighted by Crippen LogP contribution is -2.54. The van der Waals surface area contributed by atoms with Crippen LogP contribution in [0.3, 0.4) is 0 Å². The molecule has 2 N–H and O–H groups in total. The van der Waals surface area contributed by atoms with E-state index in [1.54, 1.807) is 8.61 Å². The van der Waals surface area contributed by atoms with Crippen molar-refractivity contribution in [1.82, 2.24) is 8.61 Å². The quantitative estimate of drug-likeness (QED) is 0.801. The number of nitrogens with two attached hydrogens (primary N) is 1. The third-order valence-corrected chi connectivity index (χ3v) is 6.61. The monoisotopic (exact) mass is 289 g/mol. The van der Waals surface area contributed by atoms with E-state index in [0.29, 0.717) is 19.6 Å². The van der Waals surface area contributed by atoms with Crippen LogP contribution in [0.25, 0.3) is 0 Å². The first kappa shape index (κ1) is 15.2. The van der Waals surface area contributed by atoms with Gasteiger partial charge in [0.15, 0.2) is 0 Å². The summed E-state index contributed by atoms with van der Waals surface area (Å²) >= 11 is 0. The Bertz CT molecular complexity index is 381. The van der Waals surface area contributed by atoms with Gasteiger partial charge in [-0.15, -0.1) is 0 Å². The fourth-order valence-electron chi connectivity index (χ4n) is 2.96. The normalized spacial score (nSPS) is 26.6. The lowest BCUT2D eigenvalue weighted by molar-refractivity contribution is 0.184. The van der Waals surface area contributed by atoms with Gasteiger partial charge in [-0.25, -0.2) is 0 Å². The van der Waals surface area contributed by atoms with Crippen LogP contribution in [0.4, 0.5) is 0 Å². The molecule has 19 heavy (non-hydrogen) atoms. The zero-order valence-electron chi connectivity index (χ0n) is 11.9. The van der Waals surface area contributed by atoms with E-state index in [9.17, 15) is 8.42 Å². The van der Waals surface area contributed by atoms with Crippen molar-refractivity contribution in [2.45, 2.75) is 64.0 Å². The first-order valence-electron chi connectivity index (χ1n) is 7.56. The Balaban J connectivity index is 2.12. The summed E-state index contributed by atoms with van der Waals surface area (Å²) in [5.74, 6) is 0. The summed E-state index contributed by atoms with van der Waals surface area (Å²) in [5.41, 5.74) is 5.55. The summed E-state index contributed by atoms with van der Waals surface area (Å²) in [4.78, 5) is 0. The SMILES string of the molecule is CC1CCCCN1S(=O)(=O)N(CCCN)C1CCC1. The largest absolute Gasteiger partial charge is 0.330 e. The number of hydrogen-bond donors (Lipinski definition) is 1. The maximum Gasteiger partial charge on any atom is 0.282 e. The summed E-state index contributed by atoms with van der Waals surface area (Å²) in [6.45, 7) is 3.83. The molecule has 5 nitrogen and oxygen atoms in total. The van der Waals surface area contributed by atoms with Gasteiger partial charge in [-0.1, -0.05) is 12.8 Å². The minimum Gasteiger partial charge on any atom is -0.330 e. The Kier molecular flexibility index (Phi) is 5.22. The van der Waals surface area contributed by atoms with Crippen molar-refractivity contribution >= 4 is 10.2 Å². The van der Waals surface area contributed by atoms with Gasteiger partial charge >= 0.3 is 0 Å². The van der Waals surface area contributed by atoms with E-state index in [4.69, 9.17) is 5.73 Å². The van der Waals surface area contributed by atoms with Crippen LogP contribution in [0.15, 0.2) is 0 Å². The van der Waals surface area contributed by atoms with Gasteiger partial charge in [0.25, 0.3) is 10.2 Å². The highest BCUT2D eigenvalue weighted by atomic mass is 32.2. The van der Waals surface area contributed by atoms with Gasteiger partial charge in [0.05, 0.1) is 0 Å². The maximum atomic E-state index is 12.8. The molecule has 0 aromatic rings. The Morgan fingerprint density at radius 1 is 1.21 bits per heavy atom. The molecule has 1 saturated heterocycles. The average Bonchev–Trinajstić information content (AvgIpc) is 2.32. The number of piperidine rings is 1. The van der Waals surface area contributed by atoms with Crippen LogP contribution in [-0.4, -0.2) is 48.7 Å². The third-order valence-electron chi connectivity index (χ3n) is 4.40. The van der Waals surface area contributed by atoms with Gasteiger partial charge in [-0.3, -0.25) is 0 Å². The minimum absolute atomic E-state index is 0.138. The molecule has 1 unspecified atom stereocenters. The van der Waals surface area contributed by atoms with Crippen molar-refractivity contribution in [3.63, 3.8) is 0 Å². The molecule has 1 heterocycles. The Morgan fingerprint density at radius 2 is 1.95 bits per heavy atom. The molecule has 1 aliphatic heterocycles. The molecule has 0 amide bonds. The fourth-order valence-corrected chi connectivity index (χ4v) is 5.09. The van der Waals surface area contributed by atoms with Crippen molar-refractivity contribution in [2.24, 2.45) is 5.73 Å². The van der Waals surface area contributed by atoms with Crippen molar-refractivity contribution in [1.29, 1.82) is 0 Å². The molecule has 0 radical (unpaired) electrons. The second-order valence-electron chi connectivity index (χ2n) is 5.80. The van der Waals surface area contributed by atoms with Gasteiger partial charge in [-0.2, -0.15) is 17.0 Å². The van der Waals surface area contributed by atoms with E-state index in [0.717, 1.165) is 44.9 Å². The highest BCUT2D eigenvalue weighted by molar-refractivity contribution is 7.86. The molecule has 2 rings (SSSR count). The molecule has 0 spiro atoms. The minimum atomic E-state index is -3.29. The molecule has 0 bridgehead atoms. The van der Waals surface area contributed by atoms with Gasteiger partial charge in [0.2, 0.25) is 0 Å². The summed E-state index contributed by atoms with van der Waals surface area (Å²) in [6, 6.07) is 0.352. The zero-order chi connectivity index (χ0) is 13.9. The first-order chi connectivity index (χ1) is 9.07. The van der Waals surface area contributed by atoms with Crippen LogP contribution in [0.5, 0.6) is 0 Å². The van der Waals surface area contributed by atoms with Crippen LogP contribution in [0.1, 0.15) is 51.9 Å². The molecule has 1 aliphatic carbocycles. The van der Waals surface area contributed by atoms with Crippen LogP contribution in [0.2, 0.25) is 0 Å². The molecule has 1 atom stereocenters. The second-order valence-corrected chi connectivity index (χ2v) is 7.63. The van der Waals surface area contributed by atoms with Crippen LogP contribution in [-0.2, 0) is 10.2 Å². The zero-order valence-corrected chi connectivity index (χ0v) is 12.7. The van der Waals surface area contributed by atoms with Gasteiger partial charge < -0.3 is 5.73 Å². The number of hydrogen-bond acceptors (Lipinski definition) is 3. The summed E-state index contributed by atoms with van der Waals surface area (Å²) < 4.78 is 29.1. The van der Waals surface area contributed by atoms with Crippen molar-refractivity contribution in [3.05, 3.63) is 0 Å². The highest BCUT2D eigenvalue weighted by Gasteiger charge is 2.39. The van der Waals surface area contributed by atoms with Crippen LogP contribution < -0.4 is 5.73 Å². The summed E-state index contributed by atoms with van der Waals surface area (Å²) in [7, 11) is -3.29. The smallest absolute Gasteiger partial charge is 0.282 e. The van der Waals surface area contributed by atoms with E-state index in [1.165, 1.54) is 0 Å². The maximum absolute atomic E-state index is 12.8. The van der Waals surface area contributed by atoms with Crippen LogP contribution >= 0.6 is 0 Å².